The van der Waals surface area contributed by atoms with Gasteiger partial charge in [0.15, 0.2) is 5.43 Å². The fourth-order valence-electron chi connectivity index (χ4n) is 2.72. The first-order valence-corrected chi connectivity index (χ1v) is 8.64. The van der Waals surface area contributed by atoms with Crippen LogP contribution >= 0.6 is 0 Å². The van der Waals surface area contributed by atoms with E-state index in [0.717, 1.165) is 16.9 Å². The highest BCUT2D eigenvalue weighted by atomic mass is 16.5. The number of hydrogen-bond acceptors (Lipinski definition) is 5. The highest BCUT2D eigenvalue weighted by Gasteiger charge is 2.13. The van der Waals surface area contributed by atoms with E-state index in [4.69, 9.17) is 13.9 Å². The molecule has 0 aliphatic rings. The minimum Gasteiger partial charge on any atom is -0.507 e. The molecule has 0 unspecified atom stereocenters. The largest absolute Gasteiger partial charge is 0.507 e. The molecule has 1 heterocycles. The lowest BCUT2D eigenvalue weighted by Crippen LogP contribution is -2.09. The Kier molecular flexibility index (Phi) is 5.50. The van der Waals surface area contributed by atoms with Crippen LogP contribution in [-0.2, 0) is 6.42 Å². The van der Waals surface area contributed by atoms with E-state index in [1.54, 1.807) is 13.2 Å². The summed E-state index contributed by atoms with van der Waals surface area (Å²) in [5, 5.41) is 10.5. The number of aromatic hydroxyl groups is 1. The first-order chi connectivity index (χ1) is 13.0. The SMILES string of the molecule is COc1ccc(Cc2coc3cc(OCC=C(C)C)cc(O)c3c2=O)cc1. The maximum Gasteiger partial charge on any atom is 0.199 e. The van der Waals surface area contributed by atoms with Gasteiger partial charge in [0.2, 0.25) is 0 Å². The first kappa shape index (κ1) is 18.6. The number of allylic oxidation sites excluding steroid dienone is 1. The lowest BCUT2D eigenvalue weighted by atomic mass is 10.0. The molecule has 0 spiro atoms. The van der Waals surface area contributed by atoms with Gasteiger partial charge < -0.3 is 19.0 Å². The van der Waals surface area contributed by atoms with Gasteiger partial charge in [-0.1, -0.05) is 17.7 Å². The minimum atomic E-state index is -0.250. The fourth-order valence-corrected chi connectivity index (χ4v) is 2.72. The van der Waals surface area contributed by atoms with Crippen LogP contribution in [-0.4, -0.2) is 18.8 Å². The quantitative estimate of drug-likeness (QED) is 0.653. The Balaban J connectivity index is 1.90. The van der Waals surface area contributed by atoms with Crippen molar-refractivity contribution in [3.8, 4) is 17.2 Å². The summed E-state index contributed by atoms with van der Waals surface area (Å²) in [6.45, 7) is 4.34. The van der Waals surface area contributed by atoms with Crippen molar-refractivity contribution in [3.05, 3.63) is 75.7 Å². The maximum atomic E-state index is 12.8. The summed E-state index contributed by atoms with van der Waals surface area (Å²) in [5.41, 5.74) is 2.60. The highest BCUT2D eigenvalue weighted by molar-refractivity contribution is 5.85. The number of benzene rings is 2. The molecule has 5 heteroatoms. The van der Waals surface area contributed by atoms with Gasteiger partial charge >= 0.3 is 0 Å². The van der Waals surface area contributed by atoms with Crippen LogP contribution in [0.2, 0.25) is 0 Å². The van der Waals surface area contributed by atoms with Crippen molar-refractivity contribution in [2.45, 2.75) is 20.3 Å². The van der Waals surface area contributed by atoms with E-state index in [9.17, 15) is 9.90 Å². The van der Waals surface area contributed by atoms with Crippen molar-refractivity contribution in [2.75, 3.05) is 13.7 Å². The normalized spacial score (nSPS) is 10.6. The molecule has 1 aromatic heterocycles. The molecule has 0 aliphatic carbocycles. The molecule has 0 fully saturated rings. The maximum absolute atomic E-state index is 12.8. The van der Waals surface area contributed by atoms with Gasteiger partial charge in [0.05, 0.1) is 13.4 Å². The number of rotatable bonds is 6. The van der Waals surface area contributed by atoms with Gasteiger partial charge in [-0.25, -0.2) is 0 Å². The van der Waals surface area contributed by atoms with Crippen LogP contribution in [0.25, 0.3) is 11.0 Å². The number of ether oxygens (including phenoxy) is 2. The van der Waals surface area contributed by atoms with E-state index in [0.29, 0.717) is 29.9 Å². The summed E-state index contributed by atoms with van der Waals surface area (Å²) in [6.07, 6.45) is 3.77. The fraction of sp³-hybridized carbons (Fsp3) is 0.227. The van der Waals surface area contributed by atoms with Gasteiger partial charge in [-0.2, -0.15) is 0 Å². The van der Waals surface area contributed by atoms with Crippen LogP contribution < -0.4 is 14.9 Å². The zero-order valence-corrected chi connectivity index (χ0v) is 15.6. The zero-order valence-electron chi connectivity index (χ0n) is 15.6. The molecule has 2 aromatic carbocycles. The second kappa shape index (κ2) is 7.99. The molecule has 0 aliphatic heterocycles. The van der Waals surface area contributed by atoms with Gasteiger partial charge in [-0.15, -0.1) is 0 Å². The van der Waals surface area contributed by atoms with Crippen molar-refractivity contribution < 1.29 is 19.0 Å². The van der Waals surface area contributed by atoms with Crippen molar-refractivity contribution >= 4 is 11.0 Å². The molecule has 0 saturated heterocycles. The smallest absolute Gasteiger partial charge is 0.199 e. The van der Waals surface area contributed by atoms with Crippen LogP contribution in [0.4, 0.5) is 0 Å². The van der Waals surface area contributed by atoms with Crippen molar-refractivity contribution in [1.82, 2.24) is 0 Å². The van der Waals surface area contributed by atoms with Gasteiger partial charge in [-0.05, 0) is 37.6 Å². The molecule has 5 nitrogen and oxygen atoms in total. The molecule has 0 amide bonds. The molecule has 0 atom stereocenters. The van der Waals surface area contributed by atoms with E-state index < -0.39 is 0 Å². The number of phenols is 1. The molecule has 27 heavy (non-hydrogen) atoms. The Morgan fingerprint density at radius 2 is 1.89 bits per heavy atom. The first-order valence-electron chi connectivity index (χ1n) is 8.64. The van der Waals surface area contributed by atoms with Crippen molar-refractivity contribution in [3.63, 3.8) is 0 Å². The lowest BCUT2D eigenvalue weighted by molar-refractivity contribution is 0.358. The summed E-state index contributed by atoms with van der Waals surface area (Å²) >= 11 is 0. The van der Waals surface area contributed by atoms with E-state index in [-0.39, 0.29) is 16.6 Å². The van der Waals surface area contributed by atoms with E-state index in [1.807, 2.05) is 44.2 Å². The summed E-state index contributed by atoms with van der Waals surface area (Å²) in [7, 11) is 1.60. The lowest BCUT2D eigenvalue weighted by Gasteiger charge is -2.08. The van der Waals surface area contributed by atoms with Crippen LogP contribution in [0.1, 0.15) is 25.0 Å². The van der Waals surface area contributed by atoms with Crippen LogP contribution in [0.3, 0.4) is 0 Å². The Morgan fingerprint density at radius 1 is 1.15 bits per heavy atom. The zero-order chi connectivity index (χ0) is 19.4. The van der Waals surface area contributed by atoms with Crippen LogP contribution in [0, 0.1) is 0 Å². The molecular weight excluding hydrogens is 344 g/mol. The third-order valence-electron chi connectivity index (χ3n) is 4.20. The average molecular weight is 366 g/mol. The number of fused-ring (bicyclic) bond motifs is 1. The van der Waals surface area contributed by atoms with Gasteiger partial charge in [0.25, 0.3) is 0 Å². The molecule has 1 N–H and O–H groups in total. The molecule has 0 radical (unpaired) electrons. The van der Waals surface area contributed by atoms with Gasteiger partial charge in [0, 0.05) is 24.1 Å². The summed E-state index contributed by atoms with van der Waals surface area (Å²) < 4.78 is 16.3. The average Bonchev–Trinajstić information content (AvgIpc) is 2.64. The van der Waals surface area contributed by atoms with E-state index in [2.05, 4.69) is 0 Å². The van der Waals surface area contributed by atoms with E-state index in [1.165, 1.54) is 12.3 Å². The predicted octanol–water partition coefficient (Wildman–Crippen LogP) is 4.44. The molecule has 3 rings (SSSR count). The molecule has 0 bridgehead atoms. The monoisotopic (exact) mass is 366 g/mol. The van der Waals surface area contributed by atoms with Crippen LogP contribution in [0.15, 0.2) is 63.5 Å². The molecule has 3 aromatic rings. The molecular formula is C22H22O5. The number of methoxy groups -OCH3 is 1. The predicted molar refractivity (Wildman–Crippen MR) is 105 cm³/mol. The van der Waals surface area contributed by atoms with Crippen molar-refractivity contribution in [1.29, 1.82) is 0 Å². The molecule has 140 valence electrons. The van der Waals surface area contributed by atoms with Crippen molar-refractivity contribution in [2.24, 2.45) is 0 Å². The highest BCUT2D eigenvalue weighted by Crippen LogP contribution is 2.29. The summed E-state index contributed by atoms with van der Waals surface area (Å²) in [5.74, 6) is 1.05. The standard InChI is InChI=1S/C22H22O5/c1-14(2)8-9-26-18-11-19(23)21-20(12-18)27-13-16(22(21)24)10-15-4-6-17(25-3)7-5-15/h4-8,11-13,23H,9-10H2,1-3H3. The second-order valence-corrected chi connectivity index (χ2v) is 6.52. The van der Waals surface area contributed by atoms with Gasteiger partial charge in [0.1, 0.15) is 34.8 Å². The topological polar surface area (TPSA) is 68.9 Å². The molecule has 0 saturated carbocycles. The summed E-state index contributed by atoms with van der Waals surface area (Å²) in [6, 6.07) is 10.5. The Labute approximate surface area is 157 Å². The Bertz CT molecular complexity index is 1020. The minimum absolute atomic E-state index is 0.148. The van der Waals surface area contributed by atoms with E-state index >= 15 is 0 Å². The number of hydrogen-bond donors (Lipinski definition) is 1. The number of phenolic OH excluding ortho intramolecular Hbond substituents is 1. The second-order valence-electron chi connectivity index (χ2n) is 6.52. The third-order valence-corrected chi connectivity index (χ3v) is 4.20. The summed E-state index contributed by atoms with van der Waals surface area (Å²) in [4.78, 5) is 12.8. The Morgan fingerprint density at radius 3 is 2.56 bits per heavy atom. The van der Waals surface area contributed by atoms with Gasteiger partial charge in [-0.3, -0.25) is 4.79 Å². The van der Waals surface area contributed by atoms with Crippen LogP contribution in [0.5, 0.6) is 17.2 Å². The third kappa shape index (κ3) is 4.31. The Hall–Kier alpha value is -3.21.